The molecule has 0 aliphatic heterocycles. The highest BCUT2D eigenvalue weighted by atomic mass is 19.3. The molecule has 0 aliphatic carbocycles. The van der Waals surface area contributed by atoms with E-state index in [2.05, 4.69) is 10.1 Å². The number of alkyl halides is 2. The molecule has 0 saturated heterocycles. The fourth-order valence-corrected chi connectivity index (χ4v) is 2.29. The number of nitrogens with one attached hydrogen (secondary N) is 1. The Kier molecular flexibility index (Phi) is 7.70. The summed E-state index contributed by atoms with van der Waals surface area (Å²) in [6.45, 7) is 0.402. The average Bonchev–Trinajstić information content (AvgIpc) is 2.68. The van der Waals surface area contributed by atoms with E-state index in [0.717, 1.165) is 11.6 Å². The molecule has 0 saturated carbocycles. The van der Waals surface area contributed by atoms with Crippen LogP contribution in [0.2, 0.25) is 0 Å². The molecule has 1 N–H and O–H groups in total. The van der Waals surface area contributed by atoms with Crippen LogP contribution in [-0.2, 0) is 14.3 Å². The number of halogens is 2. The Balaban J connectivity index is 1.94. The van der Waals surface area contributed by atoms with Crippen LogP contribution in [0.25, 0.3) is 6.08 Å². The number of methoxy groups -OCH3 is 1. The van der Waals surface area contributed by atoms with Gasteiger partial charge in [0, 0.05) is 11.8 Å². The first-order valence-corrected chi connectivity index (χ1v) is 8.67. The van der Waals surface area contributed by atoms with Crippen molar-refractivity contribution < 1.29 is 32.6 Å². The van der Waals surface area contributed by atoms with Crippen molar-refractivity contribution in [2.45, 2.75) is 26.6 Å². The lowest BCUT2D eigenvalue weighted by Crippen LogP contribution is -2.29. The van der Waals surface area contributed by atoms with Gasteiger partial charge in [-0.1, -0.05) is 23.8 Å². The first kappa shape index (κ1) is 21.9. The van der Waals surface area contributed by atoms with Crippen LogP contribution in [0.1, 0.15) is 18.1 Å². The standard InChI is InChI=1S/C21H21F2NO5/c1-13-4-8-16(9-5-13)24-20(26)14(2)28-19(25)11-7-15-6-10-17(29-21(22)23)18(12-15)27-3/h4-12,14,21H,1-3H3,(H,24,26)/b11-7+/t14-/m0/s1. The number of amides is 1. The zero-order valence-corrected chi connectivity index (χ0v) is 16.1. The smallest absolute Gasteiger partial charge is 0.387 e. The van der Waals surface area contributed by atoms with Crippen LogP contribution in [-0.4, -0.2) is 31.7 Å². The van der Waals surface area contributed by atoms with Crippen LogP contribution in [0, 0.1) is 6.92 Å². The maximum Gasteiger partial charge on any atom is 0.387 e. The summed E-state index contributed by atoms with van der Waals surface area (Å²) in [5, 5.41) is 2.65. The lowest BCUT2D eigenvalue weighted by molar-refractivity contribution is -0.148. The van der Waals surface area contributed by atoms with Gasteiger partial charge in [0.25, 0.3) is 5.91 Å². The predicted molar refractivity (Wildman–Crippen MR) is 104 cm³/mol. The highest BCUT2D eigenvalue weighted by molar-refractivity contribution is 5.96. The summed E-state index contributed by atoms with van der Waals surface area (Å²) in [6, 6.07) is 11.4. The molecule has 2 aromatic rings. The third-order valence-electron chi connectivity index (χ3n) is 3.80. The summed E-state index contributed by atoms with van der Waals surface area (Å²) in [7, 11) is 1.31. The Hall–Kier alpha value is -3.42. The number of carbonyl (C=O) groups excluding carboxylic acids is 2. The minimum atomic E-state index is -2.98. The van der Waals surface area contributed by atoms with E-state index in [-0.39, 0.29) is 11.5 Å². The molecule has 154 valence electrons. The number of hydrogen-bond acceptors (Lipinski definition) is 5. The van der Waals surface area contributed by atoms with Gasteiger partial charge in [-0.15, -0.1) is 0 Å². The second kappa shape index (κ2) is 10.2. The molecule has 29 heavy (non-hydrogen) atoms. The van der Waals surface area contributed by atoms with E-state index < -0.39 is 24.6 Å². The van der Waals surface area contributed by atoms with Crippen LogP contribution in [0.4, 0.5) is 14.5 Å². The molecular weight excluding hydrogens is 384 g/mol. The number of hydrogen-bond donors (Lipinski definition) is 1. The molecule has 0 spiro atoms. The minimum Gasteiger partial charge on any atom is -0.493 e. The van der Waals surface area contributed by atoms with E-state index in [0.29, 0.717) is 11.3 Å². The second-order valence-electron chi connectivity index (χ2n) is 6.06. The number of ether oxygens (including phenoxy) is 3. The van der Waals surface area contributed by atoms with E-state index >= 15 is 0 Å². The van der Waals surface area contributed by atoms with E-state index in [4.69, 9.17) is 9.47 Å². The maximum absolute atomic E-state index is 12.3. The van der Waals surface area contributed by atoms with Crippen LogP contribution in [0.15, 0.2) is 48.5 Å². The molecule has 8 heteroatoms. The third-order valence-corrected chi connectivity index (χ3v) is 3.80. The van der Waals surface area contributed by atoms with Crippen molar-refractivity contribution in [1.29, 1.82) is 0 Å². The average molecular weight is 405 g/mol. The molecule has 0 heterocycles. The monoisotopic (exact) mass is 405 g/mol. The molecule has 1 atom stereocenters. The Morgan fingerprint density at radius 2 is 1.76 bits per heavy atom. The maximum atomic E-state index is 12.3. The zero-order valence-electron chi connectivity index (χ0n) is 16.1. The van der Waals surface area contributed by atoms with Gasteiger partial charge in [-0.25, -0.2) is 4.79 Å². The molecule has 2 aromatic carbocycles. The predicted octanol–water partition coefficient (Wildman–Crippen LogP) is 4.19. The first-order chi connectivity index (χ1) is 13.8. The Morgan fingerprint density at radius 1 is 1.07 bits per heavy atom. The van der Waals surface area contributed by atoms with E-state index in [1.807, 2.05) is 19.1 Å². The molecule has 0 fully saturated rings. The Morgan fingerprint density at radius 3 is 2.38 bits per heavy atom. The van der Waals surface area contributed by atoms with Crippen LogP contribution in [0.5, 0.6) is 11.5 Å². The van der Waals surface area contributed by atoms with Crippen LogP contribution < -0.4 is 14.8 Å². The third kappa shape index (κ3) is 6.91. The number of esters is 1. The molecule has 6 nitrogen and oxygen atoms in total. The lowest BCUT2D eigenvalue weighted by atomic mass is 10.2. The number of aryl methyl sites for hydroxylation is 1. The fourth-order valence-electron chi connectivity index (χ4n) is 2.29. The normalized spacial score (nSPS) is 11.9. The molecule has 2 rings (SSSR count). The van der Waals surface area contributed by atoms with Gasteiger partial charge in [0.1, 0.15) is 0 Å². The van der Waals surface area contributed by atoms with Crippen molar-refractivity contribution in [3.05, 3.63) is 59.7 Å². The van der Waals surface area contributed by atoms with Gasteiger partial charge >= 0.3 is 12.6 Å². The number of rotatable bonds is 8. The molecule has 0 radical (unpaired) electrons. The summed E-state index contributed by atoms with van der Waals surface area (Å²) >= 11 is 0. The summed E-state index contributed by atoms with van der Waals surface area (Å²) in [5.41, 5.74) is 2.15. The number of carbonyl (C=O) groups is 2. The molecule has 0 bridgehead atoms. The van der Waals surface area contributed by atoms with E-state index in [1.54, 1.807) is 12.1 Å². The molecule has 0 aromatic heterocycles. The quantitative estimate of drug-likeness (QED) is 0.527. The topological polar surface area (TPSA) is 73.9 Å². The summed E-state index contributed by atoms with van der Waals surface area (Å²) in [4.78, 5) is 24.1. The second-order valence-corrected chi connectivity index (χ2v) is 6.06. The Labute approximate surface area is 167 Å². The zero-order chi connectivity index (χ0) is 21.4. The van der Waals surface area contributed by atoms with Crippen molar-refractivity contribution in [3.63, 3.8) is 0 Å². The SMILES string of the molecule is COc1cc(/C=C/C(=O)O[C@@H](C)C(=O)Nc2ccc(C)cc2)ccc1OC(F)F. The first-order valence-electron chi connectivity index (χ1n) is 8.67. The Bertz CT molecular complexity index is 881. The minimum absolute atomic E-state index is 0.0895. The fraction of sp³-hybridized carbons (Fsp3) is 0.238. The molecule has 1 amide bonds. The molecule has 0 aliphatic rings. The number of anilines is 1. The highest BCUT2D eigenvalue weighted by Gasteiger charge is 2.17. The van der Waals surface area contributed by atoms with Crippen molar-refractivity contribution in [3.8, 4) is 11.5 Å². The van der Waals surface area contributed by atoms with Gasteiger partial charge in [0.15, 0.2) is 17.6 Å². The van der Waals surface area contributed by atoms with Crippen molar-refractivity contribution in [2.24, 2.45) is 0 Å². The van der Waals surface area contributed by atoms with E-state index in [1.165, 1.54) is 38.3 Å². The van der Waals surface area contributed by atoms with Gasteiger partial charge < -0.3 is 19.5 Å². The largest absolute Gasteiger partial charge is 0.493 e. The van der Waals surface area contributed by atoms with Gasteiger partial charge in [0.2, 0.25) is 0 Å². The summed E-state index contributed by atoms with van der Waals surface area (Å²) in [5.74, 6) is -1.23. The lowest BCUT2D eigenvalue weighted by Gasteiger charge is -2.12. The molecule has 0 unspecified atom stereocenters. The van der Waals surface area contributed by atoms with Gasteiger partial charge in [-0.2, -0.15) is 8.78 Å². The van der Waals surface area contributed by atoms with E-state index in [9.17, 15) is 18.4 Å². The van der Waals surface area contributed by atoms with Gasteiger partial charge in [0.05, 0.1) is 7.11 Å². The number of benzene rings is 2. The van der Waals surface area contributed by atoms with Crippen molar-refractivity contribution in [2.75, 3.05) is 12.4 Å². The highest BCUT2D eigenvalue weighted by Crippen LogP contribution is 2.29. The summed E-state index contributed by atoms with van der Waals surface area (Å²) in [6.07, 6.45) is 1.52. The van der Waals surface area contributed by atoms with Gasteiger partial charge in [-0.05, 0) is 49.8 Å². The van der Waals surface area contributed by atoms with Gasteiger partial charge in [-0.3, -0.25) is 4.79 Å². The van der Waals surface area contributed by atoms with Crippen LogP contribution >= 0.6 is 0 Å². The summed E-state index contributed by atoms with van der Waals surface area (Å²) < 4.78 is 39.1. The van der Waals surface area contributed by atoms with Crippen LogP contribution in [0.3, 0.4) is 0 Å². The van der Waals surface area contributed by atoms with Crippen molar-refractivity contribution in [1.82, 2.24) is 0 Å². The molecular formula is C21H21F2NO5. The van der Waals surface area contributed by atoms with Crippen molar-refractivity contribution >= 4 is 23.6 Å².